The van der Waals surface area contributed by atoms with Gasteiger partial charge in [0.05, 0.1) is 5.39 Å². The Labute approximate surface area is 349 Å². The lowest BCUT2D eigenvalue weighted by Gasteiger charge is -2.26. The summed E-state index contributed by atoms with van der Waals surface area (Å²) in [7, 11) is 0. The maximum atomic E-state index is 6.34. The molecular weight excluding hydrogens is 753 g/mol. The monoisotopic (exact) mass is 786 g/mol. The van der Waals surface area contributed by atoms with Crippen molar-refractivity contribution in [2.75, 3.05) is 4.90 Å². The summed E-state index contributed by atoms with van der Waals surface area (Å²) < 4.78 is 15.2. The molecule has 0 unspecified atom stereocenters. The number of thiophene rings is 1. The van der Waals surface area contributed by atoms with Crippen molar-refractivity contribution in [3.63, 3.8) is 0 Å². The van der Waals surface area contributed by atoms with Crippen LogP contribution in [-0.2, 0) is 0 Å². The molecule has 0 saturated heterocycles. The molecule has 0 saturated carbocycles. The second kappa shape index (κ2) is 14.0. The maximum Gasteiger partial charge on any atom is 0.227 e. The Hall–Kier alpha value is -7.73. The quantitative estimate of drug-likeness (QED) is 0.161. The van der Waals surface area contributed by atoms with E-state index in [9.17, 15) is 0 Å². The first-order valence-corrected chi connectivity index (χ1v) is 20.9. The summed E-state index contributed by atoms with van der Waals surface area (Å²) in [5.74, 6) is 0.599. The van der Waals surface area contributed by atoms with Gasteiger partial charge in [0.15, 0.2) is 5.58 Å². The Morgan fingerprint density at radius 2 is 0.933 bits per heavy atom. The third-order valence-electron chi connectivity index (χ3n) is 11.5. The van der Waals surface area contributed by atoms with E-state index in [1.807, 2.05) is 53.8 Å². The van der Waals surface area contributed by atoms with Gasteiger partial charge in [0.2, 0.25) is 5.89 Å². The molecule has 0 aliphatic rings. The van der Waals surface area contributed by atoms with Crippen LogP contribution in [-0.4, -0.2) is 4.98 Å². The van der Waals surface area contributed by atoms with Crippen molar-refractivity contribution in [3.8, 4) is 44.8 Å². The number of furan rings is 1. The van der Waals surface area contributed by atoms with Gasteiger partial charge in [-0.05, 0) is 112 Å². The Morgan fingerprint density at radius 1 is 0.383 bits per heavy atom. The minimum atomic E-state index is 0.599. The molecule has 0 radical (unpaired) electrons. The highest BCUT2D eigenvalue weighted by Gasteiger charge is 2.19. The van der Waals surface area contributed by atoms with Crippen LogP contribution in [0.2, 0.25) is 0 Å². The summed E-state index contributed by atoms with van der Waals surface area (Å²) in [5.41, 5.74) is 14.4. The van der Waals surface area contributed by atoms with Gasteiger partial charge in [-0.15, -0.1) is 11.3 Å². The molecule has 0 atom stereocenters. The molecule has 0 bridgehead atoms. The molecule has 0 fully saturated rings. The Kier molecular flexibility index (Phi) is 8.00. The average molecular weight is 787 g/mol. The molecule has 4 nitrogen and oxygen atoms in total. The SMILES string of the molecule is c1ccc(-c2ccc(N(c3ccc(-c4ccc5oc6ccc7oc(-c8ccccc8)nc7c6c5c4)cc3)c3ccc(-c4cccc5c4sc4ccccc45)cc3)cc2)cc1. The van der Waals surface area contributed by atoms with Crippen LogP contribution >= 0.6 is 11.3 Å². The Bertz CT molecular complexity index is 3510. The van der Waals surface area contributed by atoms with Crippen LogP contribution in [0.4, 0.5) is 17.1 Å². The fraction of sp³-hybridized carbons (Fsp3) is 0. The zero-order valence-corrected chi connectivity index (χ0v) is 33.1. The van der Waals surface area contributed by atoms with Crippen molar-refractivity contribution in [3.05, 3.63) is 206 Å². The Morgan fingerprint density at radius 3 is 1.65 bits per heavy atom. The van der Waals surface area contributed by atoms with Crippen LogP contribution in [0.5, 0.6) is 0 Å². The van der Waals surface area contributed by atoms with Crippen LogP contribution in [0.15, 0.2) is 215 Å². The zero-order valence-electron chi connectivity index (χ0n) is 32.2. The molecule has 12 aromatic rings. The lowest BCUT2D eigenvalue weighted by molar-refractivity contribution is 0.619. The van der Waals surface area contributed by atoms with E-state index in [1.54, 1.807) is 0 Å². The van der Waals surface area contributed by atoms with Crippen molar-refractivity contribution in [1.29, 1.82) is 0 Å². The number of fused-ring (bicyclic) bond motifs is 8. The van der Waals surface area contributed by atoms with Crippen LogP contribution in [0.1, 0.15) is 0 Å². The van der Waals surface area contributed by atoms with Crippen molar-refractivity contribution in [1.82, 2.24) is 4.98 Å². The predicted molar refractivity (Wildman–Crippen MR) is 251 cm³/mol. The molecule has 3 heterocycles. The second-order valence-corrected chi connectivity index (χ2v) is 16.2. The number of nitrogens with zero attached hydrogens (tertiary/aromatic N) is 2. The largest absolute Gasteiger partial charge is 0.456 e. The predicted octanol–water partition coefficient (Wildman–Crippen LogP) is 16.2. The van der Waals surface area contributed by atoms with Crippen molar-refractivity contribution in [2.24, 2.45) is 0 Å². The van der Waals surface area contributed by atoms with Crippen LogP contribution in [0, 0.1) is 0 Å². The summed E-state index contributed by atoms with van der Waals surface area (Å²) in [4.78, 5) is 7.29. The molecule has 12 rings (SSSR count). The minimum absolute atomic E-state index is 0.599. The van der Waals surface area contributed by atoms with Crippen LogP contribution in [0.25, 0.3) is 98.0 Å². The molecule has 0 aliphatic heterocycles. The number of rotatable bonds is 7. The van der Waals surface area contributed by atoms with E-state index in [0.717, 1.165) is 66.8 Å². The fourth-order valence-electron chi connectivity index (χ4n) is 8.59. The van der Waals surface area contributed by atoms with Gasteiger partial charge in [0.25, 0.3) is 0 Å². The number of hydrogen-bond acceptors (Lipinski definition) is 5. The molecule has 5 heteroatoms. The third-order valence-corrected chi connectivity index (χ3v) is 12.8. The van der Waals surface area contributed by atoms with E-state index >= 15 is 0 Å². The lowest BCUT2D eigenvalue weighted by atomic mass is 10.0. The highest BCUT2D eigenvalue weighted by Crippen LogP contribution is 2.43. The van der Waals surface area contributed by atoms with Gasteiger partial charge >= 0.3 is 0 Å². The average Bonchev–Trinajstić information content (AvgIpc) is 4.04. The molecule has 0 N–H and O–H groups in total. The van der Waals surface area contributed by atoms with E-state index in [4.69, 9.17) is 13.8 Å². The molecular formula is C55H34N2O2S. The van der Waals surface area contributed by atoms with Gasteiger partial charge in [-0.2, -0.15) is 0 Å². The smallest absolute Gasteiger partial charge is 0.227 e. The van der Waals surface area contributed by atoms with Crippen molar-refractivity contribution in [2.45, 2.75) is 0 Å². The first kappa shape index (κ1) is 34.3. The van der Waals surface area contributed by atoms with E-state index in [-0.39, 0.29) is 0 Å². The zero-order chi connectivity index (χ0) is 39.6. The van der Waals surface area contributed by atoms with E-state index in [2.05, 4.69) is 169 Å². The van der Waals surface area contributed by atoms with Gasteiger partial charge in [-0.1, -0.05) is 127 Å². The molecule has 60 heavy (non-hydrogen) atoms. The van der Waals surface area contributed by atoms with Crippen molar-refractivity contribution >= 4 is 81.6 Å². The van der Waals surface area contributed by atoms with Gasteiger partial charge < -0.3 is 13.7 Å². The van der Waals surface area contributed by atoms with Gasteiger partial charge in [0.1, 0.15) is 16.7 Å². The standard InChI is InChI=1S/C55H34N2O2S/c1-3-10-35(11-4-1)36-18-25-41(26-19-36)57(43-29-22-38(23-30-43)44-15-9-16-46-45-14-7-8-17-51(45)60-54(44)46)42-27-20-37(21-28-42)40-24-31-48-47(34-40)52-49(58-48)32-33-50-53(52)56-55(59-50)39-12-5-2-6-13-39/h1-34H. The van der Waals surface area contributed by atoms with Crippen molar-refractivity contribution < 1.29 is 8.83 Å². The molecule has 9 aromatic carbocycles. The topological polar surface area (TPSA) is 42.4 Å². The summed E-state index contributed by atoms with van der Waals surface area (Å²) in [6.45, 7) is 0. The summed E-state index contributed by atoms with van der Waals surface area (Å²) in [6.07, 6.45) is 0. The lowest BCUT2D eigenvalue weighted by Crippen LogP contribution is -2.09. The summed E-state index contributed by atoms with van der Waals surface area (Å²) in [5, 5.41) is 4.59. The normalized spacial score (nSPS) is 11.7. The number of hydrogen-bond donors (Lipinski definition) is 0. The van der Waals surface area contributed by atoms with Crippen LogP contribution < -0.4 is 4.90 Å². The highest BCUT2D eigenvalue weighted by atomic mass is 32.1. The fourth-order valence-corrected chi connectivity index (χ4v) is 9.82. The maximum absolute atomic E-state index is 6.34. The first-order valence-electron chi connectivity index (χ1n) is 20.1. The second-order valence-electron chi connectivity index (χ2n) is 15.1. The number of anilines is 3. The number of oxazole rings is 1. The number of benzene rings is 9. The summed E-state index contributed by atoms with van der Waals surface area (Å²) in [6, 6.07) is 72.9. The summed E-state index contributed by atoms with van der Waals surface area (Å²) >= 11 is 1.87. The minimum Gasteiger partial charge on any atom is -0.456 e. The van der Waals surface area contributed by atoms with Crippen LogP contribution in [0.3, 0.4) is 0 Å². The molecule has 282 valence electrons. The highest BCUT2D eigenvalue weighted by molar-refractivity contribution is 7.26. The number of aromatic nitrogens is 1. The molecule has 0 spiro atoms. The van der Waals surface area contributed by atoms with E-state index < -0.39 is 0 Å². The third kappa shape index (κ3) is 5.78. The molecule has 3 aromatic heterocycles. The van der Waals surface area contributed by atoms with E-state index in [0.29, 0.717) is 5.89 Å². The Balaban J connectivity index is 0.926. The molecule has 0 aliphatic carbocycles. The van der Waals surface area contributed by atoms with Gasteiger partial charge in [0, 0.05) is 48.2 Å². The first-order chi connectivity index (χ1) is 29.7. The van der Waals surface area contributed by atoms with E-state index in [1.165, 1.54) is 42.4 Å². The molecule has 0 amide bonds. The van der Waals surface area contributed by atoms with Gasteiger partial charge in [-0.3, -0.25) is 0 Å². The van der Waals surface area contributed by atoms with Gasteiger partial charge in [-0.25, -0.2) is 4.98 Å².